The molecule has 1 aliphatic carbocycles. The van der Waals surface area contributed by atoms with Crippen molar-refractivity contribution in [3.63, 3.8) is 0 Å². The predicted octanol–water partition coefficient (Wildman–Crippen LogP) is 5.47. The van der Waals surface area contributed by atoms with Crippen LogP contribution in [0.5, 0.6) is 0 Å². The monoisotopic (exact) mass is 254 g/mol. The van der Waals surface area contributed by atoms with E-state index >= 15 is 0 Å². The van der Waals surface area contributed by atoms with Gasteiger partial charge in [0.25, 0.3) is 0 Å². The molecule has 0 saturated heterocycles. The molecule has 0 spiro atoms. The van der Waals surface area contributed by atoms with Crippen LogP contribution in [0.2, 0.25) is 11.6 Å². The zero-order valence-electron chi connectivity index (χ0n) is 12.2. The first-order chi connectivity index (χ1) is 8.43. The molecule has 0 radical (unpaired) electrons. The summed E-state index contributed by atoms with van der Waals surface area (Å²) in [7, 11) is 0.318. The van der Waals surface area contributed by atoms with Crippen LogP contribution in [-0.4, -0.2) is 9.52 Å². The molecule has 102 valence electrons. The van der Waals surface area contributed by atoms with Gasteiger partial charge in [-0.1, -0.05) is 102 Å². The average molecular weight is 255 g/mol. The lowest BCUT2D eigenvalue weighted by atomic mass is 10.0. The zero-order chi connectivity index (χ0) is 12.2. The fraction of sp³-hybridized carbons (Fsp3) is 1.00. The number of unbranched alkanes of at least 4 members (excludes halogenated alkanes) is 7. The minimum atomic E-state index is 0.318. The molecule has 0 amide bonds. The summed E-state index contributed by atoms with van der Waals surface area (Å²) < 4.78 is 0. The van der Waals surface area contributed by atoms with Crippen molar-refractivity contribution in [3.8, 4) is 0 Å². The minimum Gasteiger partial charge on any atom is -0.0654 e. The van der Waals surface area contributed by atoms with Gasteiger partial charge in [-0.3, -0.25) is 0 Å². The van der Waals surface area contributed by atoms with Crippen molar-refractivity contribution in [2.75, 3.05) is 0 Å². The van der Waals surface area contributed by atoms with Crippen molar-refractivity contribution >= 4 is 9.52 Å². The summed E-state index contributed by atoms with van der Waals surface area (Å²) >= 11 is 0. The third kappa shape index (κ3) is 8.88. The highest BCUT2D eigenvalue weighted by atomic mass is 28.2. The second kappa shape index (κ2) is 11.3. The normalized spacial score (nSPS) is 18.2. The van der Waals surface area contributed by atoms with E-state index in [0.717, 1.165) is 0 Å². The van der Waals surface area contributed by atoms with Crippen LogP contribution in [-0.2, 0) is 0 Å². The number of hydrogen-bond acceptors (Lipinski definition) is 0. The van der Waals surface area contributed by atoms with E-state index in [4.69, 9.17) is 0 Å². The van der Waals surface area contributed by atoms with E-state index < -0.39 is 0 Å². The third-order valence-electron chi connectivity index (χ3n) is 4.44. The summed E-state index contributed by atoms with van der Waals surface area (Å²) in [6.07, 6.45) is 19.8. The maximum atomic E-state index is 2.30. The Bertz CT molecular complexity index is 150. The molecule has 0 bridgehead atoms. The van der Waals surface area contributed by atoms with Gasteiger partial charge in [-0.15, -0.1) is 0 Å². The van der Waals surface area contributed by atoms with Gasteiger partial charge >= 0.3 is 0 Å². The van der Waals surface area contributed by atoms with Gasteiger partial charge in [-0.05, 0) is 0 Å². The van der Waals surface area contributed by atoms with Gasteiger partial charge in [0.15, 0.2) is 0 Å². The molecule has 0 N–H and O–H groups in total. The van der Waals surface area contributed by atoms with E-state index in [1.165, 1.54) is 56.9 Å². The second-order valence-electron chi connectivity index (χ2n) is 6.12. The van der Waals surface area contributed by atoms with Crippen molar-refractivity contribution in [1.29, 1.82) is 0 Å². The van der Waals surface area contributed by atoms with Crippen molar-refractivity contribution in [2.24, 2.45) is 0 Å². The van der Waals surface area contributed by atoms with E-state index in [9.17, 15) is 0 Å². The molecule has 0 aromatic rings. The number of rotatable bonds is 10. The molecule has 0 nitrogen and oxygen atoms in total. The van der Waals surface area contributed by atoms with Crippen molar-refractivity contribution < 1.29 is 0 Å². The Hall–Kier alpha value is 0.217. The van der Waals surface area contributed by atoms with Crippen LogP contribution in [0, 0.1) is 0 Å². The maximum Gasteiger partial charge on any atom is 0.0231 e. The molecule has 0 aromatic heterocycles. The van der Waals surface area contributed by atoms with Crippen LogP contribution >= 0.6 is 0 Å². The molecular weight excluding hydrogens is 220 g/mol. The Kier molecular flexibility index (Phi) is 10.2. The highest BCUT2D eigenvalue weighted by molar-refractivity contribution is 6.37. The molecule has 0 unspecified atom stereocenters. The fourth-order valence-electron chi connectivity index (χ4n) is 3.22. The summed E-state index contributed by atoms with van der Waals surface area (Å²) in [6, 6.07) is 1.65. The maximum absolute atomic E-state index is 2.30. The second-order valence-corrected chi connectivity index (χ2v) is 8.56. The Labute approximate surface area is 112 Å². The van der Waals surface area contributed by atoms with Gasteiger partial charge in [0.05, 0.1) is 0 Å². The first kappa shape index (κ1) is 15.3. The van der Waals surface area contributed by atoms with Gasteiger partial charge in [-0.25, -0.2) is 0 Å². The number of hydrogen-bond donors (Lipinski definition) is 0. The molecule has 1 saturated carbocycles. The van der Waals surface area contributed by atoms with E-state index in [1.807, 2.05) is 0 Å². The zero-order valence-corrected chi connectivity index (χ0v) is 13.6. The van der Waals surface area contributed by atoms with Crippen LogP contribution in [0.15, 0.2) is 0 Å². The van der Waals surface area contributed by atoms with Gasteiger partial charge in [0.1, 0.15) is 0 Å². The van der Waals surface area contributed by atoms with Crippen LogP contribution in [0.1, 0.15) is 90.4 Å². The predicted molar refractivity (Wildman–Crippen MR) is 82.8 cm³/mol. The van der Waals surface area contributed by atoms with Crippen molar-refractivity contribution in [2.45, 2.75) is 102 Å². The van der Waals surface area contributed by atoms with Crippen LogP contribution < -0.4 is 0 Å². The lowest BCUT2D eigenvalue weighted by Gasteiger charge is -2.20. The van der Waals surface area contributed by atoms with Crippen LogP contribution in [0.4, 0.5) is 0 Å². The summed E-state index contributed by atoms with van der Waals surface area (Å²) in [5.41, 5.74) is 1.24. The highest BCUT2D eigenvalue weighted by Gasteiger charge is 2.12. The van der Waals surface area contributed by atoms with E-state index in [0.29, 0.717) is 9.52 Å². The lowest BCUT2D eigenvalue weighted by molar-refractivity contribution is 0.499. The molecule has 1 heteroatoms. The summed E-state index contributed by atoms with van der Waals surface area (Å²) in [5, 5.41) is 0. The largest absolute Gasteiger partial charge is 0.0654 e. The Morgan fingerprint density at radius 2 is 1.35 bits per heavy atom. The standard InChI is InChI=1S/C16H34Si/c1-2-3-4-5-6-7-8-12-15-17-16-13-10-9-11-14-16/h16H,2-15,17H2,1H3. The highest BCUT2D eigenvalue weighted by Crippen LogP contribution is 2.28. The summed E-state index contributed by atoms with van der Waals surface area (Å²) in [6.45, 7) is 2.30. The van der Waals surface area contributed by atoms with E-state index in [1.54, 1.807) is 38.1 Å². The first-order valence-corrected chi connectivity index (χ1v) is 10.2. The lowest BCUT2D eigenvalue weighted by Crippen LogP contribution is -2.07. The Balaban J connectivity index is 1.75. The average Bonchev–Trinajstić information content (AvgIpc) is 2.38. The molecule has 17 heavy (non-hydrogen) atoms. The first-order valence-electron chi connectivity index (χ1n) is 8.43. The summed E-state index contributed by atoms with van der Waals surface area (Å²) in [5.74, 6) is 0. The summed E-state index contributed by atoms with van der Waals surface area (Å²) in [4.78, 5) is 0. The Morgan fingerprint density at radius 3 is 2.00 bits per heavy atom. The third-order valence-corrected chi connectivity index (χ3v) is 6.98. The Morgan fingerprint density at radius 1 is 0.765 bits per heavy atom. The van der Waals surface area contributed by atoms with Gasteiger partial charge in [0.2, 0.25) is 0 Å². The van der Waals surface area contributed by atoms with Gasteiger partial charge in [-0.2, -0.15) is 0 Å². The molecule has 1 rings (SSSR count). The van der Waals surface area contributed by atoms with E-state index in [2.05, 4.69) is 6.92 Å². The topological polar surface area (TPSA) is 0 Å². The minimum absolute atomic E-state index is 0.318. The molecule has 1 fully saturated rings. The van der Waals surface area contributed by atoms with Gasteiger partial charge in [0, 0.05) is 9.52 Å². The van der Waals surface area contributed by atoms with Crippen LogP contribution in [0.3, 0.4) is 0 Å². The van der Waals surface area contributed by atoms with Crippen molar-refractivity contribution in [1.82, 2.24) is 0 Å². The molecule has 0 aliphatic heterocycles. The van der Waals surface area contributed by atoms with Gasteiger partial charge < -0.3 is 0 Å². The van der Waals surface area contributed by atoms with E-state index in [-0.39, 0.29) is 0 Å². The molecule has 0 atom stereocenters. The molecule has 0 aromatic carbocycles. The smallest absolute Gasteiger partial charge is 0.0231 e. The SMILES string of the molecule is CCCCCCCCCC[SiH2]C1CCCCC1. The molecule has 0 heterocycles. The molecular formula is C16H34Si. The quantitative estimate of drug-likeness (QED) is 0.358. The van der Waals surface area contributed by atoms with Crippen LogP contribution in [0.25, 0.3) is 0 Å². The van der Waals surface area contributed by atoms with Crippen molar-refractivity contribution in [3.05, 3.63) is 0 Å². The fourth-order valence-corrected chi connectivity index (χ4v) is 5.59. The molecule has 1 aliphatic rings.